The Kier molecular flexibility index (Phi) is 15.6. The molecule has 11 nitrogen and oxygen atoms in total. The number of quaternary nitrogens is 1. The molecule has 1 saturated heterocycles. The van der Waals surface area contributed by atoms with E-state index in [0.29, 0.717) is 0 Å². The fourth-order valence-corrected chi connectivity index (χ4v) is 4.93. The molecule has 38 heavy (non-hydrogen) atoms. The van der Waals surface area contributed by atoms with E-state index < -0.39 is 46.7 Å². The van der Waals surface area contributed by atoms with E-state index in [9.17, 15) is 27.7 Å². The molecule has 0 radical (unpaired) electrons. The summed E-state index contributed by atoms with van der Waals surface area (Å²) in [6.45, 7) is 15.9. The lowest BCUT2D eigenvalue weighted by Crippen LogP contribution is -2.50. The first-order valence-corrected chi connectivity index (χ1v) is 15.4. The summed E-state index contributed by atoms with van der Waals surface area (Å²) in [7, 11) is -4.89. The number of ether oxygens (including phenoxy) is 1. The monoisotopic (exact) mass is 563 g/mol. The first-order chi connectivity index (χ1) is 17.9. The molecule has 1 fully saturated rings. The SMILES string of the molecule is CCCC[N+](CCCC)(CCCC)CCCC.Cc1cn([C@H]2C[C@H](O)[C@@H](COS(=O)(=O)[O-])O2)c(=O)[nH]c1=O. The third-order valence-corrected chi connectivity index (χ3v) is 7.41. The highest BCUT2D eigenvalue weighted by Gasteiger charge is 2.36. The number of nitrogens with zero attached hydrogens (tertiary/aromatic N) is 2. The number of aryl methyl sites for hydroxylation is 1. The van der Waals surface area contributed by atoms with Crippen molar-refractivity contribution in [3.8, 4) is 0 Å². The molecule has 0 spiro atoms. The smallest absolute Gasteiger partial charge is 0.330 e. The van der Waals surface area contributed by atoms with Crippen molar-refractivity contribution in [3.63, 3.8) is 0 Å². The average Bonchev–Trinajstić information content (AvgIpc) is 3.24. The number of unbranched alkanes of at least 4 members (excludes halogenated alkanes) is 4. The molecular formula is C26H49N3O8S. The third-order valence-electron chi connectivity index (χ3n) is 6.98. The Morgan fingerprint density at radius 3 is 1.92 bits per heavy atom. The molecule has 1 aliphatic rings. The van der Waals surface area contributed by atoms with E-state index in [2.05, 4.69) is 36.9 Å². The van der Waals surface area contributed by atoms with Gasteiger partial charge in [0.25, 0.3) is 5.56 Å². The van der Waals surface area contributed by atoms with E-state index in [-0.39, 0.29) is 12.0 Å². The van der Waals surface area contributed by atoms with Crippen molar-refractivity contribution >= 4 is 10.4 Å². The molecule has 2 heterocycles. The maximum atomic E-state index is 11.7. The summed E-state index contributed by atoms with van der Waals surface area (Å²) in [5, 5.41) is 9.74. The van der Waals surface area contributed by atoms with E-state index >= 15 is 0 Å². The van der Waals surface area contributed by atoms with Crippen LogP contribution in [0.15, 0.2) is 15.8 Å². The second-order valence-electron chi connectivity index (χ2n) is 10.3. The van der Waals surface area contributed by atoms with Crippen LogP contribution in [0.2, 0.25) is 0 Å². The molecule has 1 aromatic heterocycles. The standard InChI is InChI=1S/C16H36N.C10H14N2O8S/c1-5-9-13-17(14-10-6-2,15-11-7-3)16-12-8-4;1-5-3-12(10(15)11-9(5)14)8-2-6(13)7(20-8)4-19-21(16,17)18/h5-16H2,1-4H3;3,6-8,13H,2,4H2,1H3,(H,11,14,15)(H,16,17,18)/q+1;/p-1/t;6-,7+,8+/m.0/s1. The Morgan fingerprint density at radius 2 is 1.50 bits per heavy atom. The zero-order valence-corrected chi connectivity index (χ0v) is 24.6. The fraction of sp³-hybridized carbons (Fsp3) is 0.846. The molecule has 222 valence electrons. The first kappa shape index (κ1) is 34.5. The predicted molar refractivity (Wildman–Crippen MR) is 146 cm³/mol. The summed E-state index contributed by atoms with van der Waals surface area (Å²) in [5.74, 6) is 0. The van der Waals surface area contributed by atoms with Gasteiger partial charge in [-0.25, -0.2) is 13.2 Å². The maximum Gasteiger partial charge on any atom is 0.330 e. The minimum absolute atomic E-state index is 0.0156. The minimum atomic E-state index is -4.89. The van der Waals surface area contributed by atoms with Gasteiger partial charge in [0.2, 0.25) is 10.4 Å². The summed E-state index contributed by atoms with van der Waals surface area (Å²) in [6, 6.07) is 0. The van der Waals surface area contributed by atoms with Crippen LogP contribution in [0.25, 0.3) is 0 Å². The largest absolute Gasteiger partial charge is 0.726 e. The van der Waals surface area contributed by atoms with Gasteiger partial charge in [0.15, 0.2) is 0 Å². The third kappa shape index (κ3) is 12.1. The number of aliphatic hydroxyl groups is 1. The highest BCUT2D eigenvalue weighted by molar-refractivity contribution is 7.80. The van der Waals surface area contributed by atoms with Gasteiger partial charge >= 0.3 is 5.69 Å². The second kappa shape index (κ2) is 17.2. The molecule has 1 aliphatic heterocycles. The van der Waals surface area contributed by atoms with Crippen molar-refractivity contribution in [3.05, 3.63) is 32.6 Å². The number of nitrogens with one attached hydrogen (secondary N) is 1. The van der Waals surface area contributed by atoms with Gasteiger partial charge in [-0.1, -0.05) is 53.4 Å². The first-order valence-electron chi connectivity index (χ1n) is 14.0. The Bertz CT molecular complexity index is 987. The molecule has 0 unspecified atom stereocenters. The Hall–Kier alpha value is -1.57. The van der Waals surface area contributed by atoms with Crippen molar-refractivity contribution in [2.45, 2.75) is 111 Å². The van der Waals surface area contributed by atoms with E-state index in [4.69, 9.17) is 4.74 Å². The fourth-order valence-electron chi connectivity index (χ4n) is 4.63. The van der Waals surface area contributed by atoms with Gasteiger partial charge < -0.3 is 18.9 Å². The van der Waals surface area contributed by atoms with E-state index in [0.717, 1.165) is 4.57 Å². The van der Waals surface area contributed by atoms with Crippen LogP contribution in [-0.2, 0) is 19.3 Å². The van der Waals surface area contributed by atoms with Gasteiger partial charge in [0.1, 0.15) is 12.3 Å². The number of hydrogen-bond acceptors (Lipinski definition) is 8. The second-order valence-corrected chi connectivity index (χ2v) is 11.3. The van der Waals surface area contributed by atoms with Crippen LogP contribution in [0, 0.1) is 6.92 Å². The lowest BCUT2D eigenvalue weighted by Gasteiger charge is -2.39. The van der Waals surface area contributed by atoms with Gasteiger partial charge in [-0.3, -0.25) is 18.5 Å². The van der Waals surface area contributed by atoms with Gasteiger partial charge in [-0.15, -0.1) is 0 Å². The molecule has 12 heteroatoms. The molecule has 3 atom stereocenters. The van der Waals surface area contributed by atoms with Gasteiger partial charge in [-0.05, 0) is 32.6 Å². The quantitative estimate of drug-likeness (QED) is 0.177. The summed E-state index contributed by atoms with van der Waals surface area (Å²) >= 11 is 0. The van der Waals surface area contributed by atoms with Gasteiger partial charge in [0, 0.05) is 18.2 Å². The number of aliphatic hydroxyl groups excluding tert-OH is 1. The summed E-state index contributed by atoms with van der Waals surface area (Å²) in [6.07, 6.45) is 9.23. The number of rotatable bonds is 16. The molecule has 2 N–H and O–H groups in total. The summed E-state index contributed by atoms with van der Waals surface area (Å²) in [5.41, 5.74) is -0.984. The minimum Gasteiger partial charge on any atom is -0.726 e. The normalized spacial score (nSPS) is 19.8. The predicted octanol–water partition coefficient (Wildman–Crippen LogP) is 2.97. The van der Waals surface area contributed by atoms with Crippen molar-refractivity contribution in [1.82, 2.24) is 9.55 Å². The lowest BCUT2D eigenvalue weighted by molar-refractivity contribution is -0.929. The van der Waals surface area contributed by atoms with Crippen LogP contribution in [0.3, 0.4) is 0 Å². The zero-order valence-electron chi connectivity index (χ0n) is 23.8. The molecule has 2 rings (SSSR count). The van der Waals surface area contributed by atoms with Crippen LogP contribution >= 0.6 is 0 Å². The van der Waals surface area contributed by atoms with Crippen LogP contribution in [-0.4, -0.2) is 77.1 Å². The highest BCUT2D eigenvalue weighted by Crippen LogP contribution is 2.28. The Morgan fingerprint density at radius 1 is 1.03 bits per heavy atom. The van der Waals surface area contributed by atoms with Gasteiger partial charge in [0.05, 0.1) is 38.9 Å². The molecule has 0 saturated carbocycles. The van der Waals surface area contributed by atoms with Gasteiger partial charge in [-0.2, -0.15) is 0 Å². The lowest BCUT2D eigenvalue weighted by atomic mass is 10.1. The van der Waals surface area contributed by atoms with Crippen molar-refractivity contribution < 1.29 is 31.5 Å². The maximum absolute atomic E-state index is 11.7. The van der Waals surface area contributed by atoms with E-state index in [1.165, 1.54) is 95.1 Å². The zero-order chi connectivity index (χ0) is 28.8. The molecule has 0 amide bonds. The van der Waals surface area contributed by atoms with Crippen LogP contribution in [0.5, 0.6) is 0 Å². The highest BCUT2D eigenvalue weighted by atomic mass is 32.3. The Labute approximate surface area is 227 Å². The average molecular weight is 564 g/mol. The van der Waals surface area contributed by atoms with Crippen LogP contribution in [0.1, 0.15) is 97.3 Å². The Balaban J connectivity index is 0.000000391. The molecule has 0 bridgehead atoms. The van der Waals surface area contributed by atoms with E-state index in [1.54, 1.807) is 0 Å². The van der Waals surface area contributed by atoms with Crippen LogP contribution < -0.4 is 11.2 Å². The summed E-state index contributed by atoms with van der Waals surface area (Å²) < 4.78 is 42.9. The number of aromatic nitrogens is 2. The molecule has 0 aromatic carbocycles. The number of H-pyrrole nitrogens is 1. The van der Waals surface area contributed by atoms with Crippen molar-refractivity contribution in [2.75, 3.05) is 32.8 Å². The molecule has 1 aromatic rings. The van der Waals surface area contributed by atoms with Crippen LogP contribution in [0.4, 0.5) is 0 Å². The topological polar surface area (TPSA) is 151 Å². The van der Waals surface area contributed by atoms with Crippen molar-refractivity contribution in [2.24, 2.45) is 0 Å². The number of hydrogen-bond donors (Lipinski definition) is 2. The van der Waals surface area contributed by atoms with Crippen molar-refractivity contribution in [1.29, 1.82) is 0 Å². The molecular weight excluding hydrogens is 514 g/mol. The molecule has 0 aliphatic carbocycles. The van der Waals surface area contributed by atoms with E-state index in [1.807, 2.05) is 0 Å². The number of aromatic amines is 1. The summed E-state index contributed by atoms with van der Waals surface area (Å²) in [4.78, 5) is 25.0.